The third-order valence-corrected chi connectivity index (χ3v) is 6.58. The number of benzene rings is 2. The van der Waals surface area contributed by atoms with E-state index in [0.29, 0.717) is 10.2 Å². The van der Waals surface area contributed by atoms with Gasteiger partial charge in [-0.2, -0.15) is 0 Å². The minimum absolute atomic E-state index is 0.0606. The largest absolute Gasteiger partial charge is 0.497 e. The summed E-state index contributed by atoms with van der Waals surface area (Å²) in [5, 5.41) is 14.8. The molecule has 0 heterocycles. The van der Waals surface area contributed by atoms with E-state index in [9.17, 15) is 0 Å². The molecular weight excluding hydrogens is 464 g/mol. The summed E-state index contributed by atoms with van der Waals surface area (Å²) in [6, 6.07) is 15.8. The van der Waals surface area contributed by atoms with Crippen LogP contribution in [0.3, 0.4) is 0 Å². The van der Waals surface area contributed by atoms with Crippen LogP contribution in [0.25, 0.3) is 0 Å². The van der Waals surface area contributed by atoms with Crippen molar-refractivity contribution in [1.82, 2.24) is 10.6 Å². The molecule has 34 heavy (non-hydrogen) atoms. The quantitative estimate of drug-likeness (QED) is 0.369. The Morgan fingerprint density at radius 2 is 1.44 bits per heavy atom. The van der Waals surface area contributed by atoms with E-state index in [1.807, 2.05) is 48.5 Å². The average molecular weight is 501 g/mol. The summed E-state index contributed by atoms with van der Waals surface area (Å²) < 4.78 is 10.6. The first-order chi connectivity index (χ1) is 16.1. The predicted molar refractivity (Wildman–Crippen MR) is 149 cm³/mol. The van der Waals surface area contributed by atoms with Gasteiger partial charge >= 0.3 is 0 Å². The van der Waals surface area contributed by atoms with Crippen LogP contribution < -0.4 is 30.7 Å². The van der Waals surface area contributed by atoms with Crippen molar-refractivity contribution in [3.8, 4) is 11.5 Å². The molecule has 2 atom stereocenters. The minimum atomic E-state index is 0.0606. The minimum Gasteiger partial charge on any atom is -0.497 e. The Balaban J connectivity index is 1.57. The van der Waals surface area contributed by atoms with Gasteiger partial charge in [-0.3, -0.25) is 0 Å². The fourth-order valence-electron chi connectivity index (χ4n) is 5.09. The van der Waals surface area contributed by atoms with Gasteiger partial charge in [0.1, 0.15) is 11.5 Å². The Morgan fingerprint density at radius 1 is 0.882 bits per heavy atom. The van der Waals surface area contributed by atoms with E-state index in [2.05, 4.69) is 42.0 Å². The molecule has 2 aromatic carbocycles. The van der Waals surface area contributed by atoms with Crippen molar-refractivity contribution in [2.45, 2.75) is 46.1 Å². The second kappa shape index (κ2) is 11.2. The van der Waals surface area contributed by atoms with E-state index < -0.39 is 0 Å². The van der Waals surface area contributed by atoms with Crippen LogP contribution in [-0.2, 0) is 0 Å². The maximum absolute atomic E-state index is 5.63. The fraction of sp³-hybridized carbons (Fsp3) is 0.462. The highest BCUT2D eigenvalue weighted by Crippen LogP contribution is 2.45. The number of ether oxygens (including phenoxy) is 2. The predicted octanol–water partition coefficient (Wildman–Crippen LogP) is 5.56. The summed E-state index contributed by atoms with van der Waals surface area (Å²) in [4.78, 5) is 0. The molecule has 3 rings (SSSR count). The molecule has 184 valence electrons. The van der Waals surface area contributed by atoms with Gasteiger partial charge in [0.2, 0.25) is 0 Å². The Bertz CT molecular complexity index is 1010. The van der Waals surface area contributed by atoms with Crippen molar-refractivity contribution in [3.05, 3.63) is 48.5 Å². The zero-order valence-corrected chi connectivity index (χ0v) is 22.3. The molecule has 6 nitrogen and oxygen atoms in total. The van der Waals surface area contributed by atoms with Gasteiger partial charge in [0, 0.05) is 36.1 Å². The van der Waals surface area contributed by atoms with Crippen molar-refractivity contribution < 1.29 is 9.47 Å². The van der Waals surface area contributed by atoms with E-state index in [1.54, 1.807) is 14.2 Å². The van der Waals surface area contributed by atoms with E-state index in [0.717, 1.165) is 48.7 Å². The number of anilines is 2. The molecule has 0 spiro atoms. The van der Waals surface area contributed by atoms with Gasteiger partial charge in [-0.15, -0.1) is 0 Å². The summed E-state index contributed by atoms with van der Waals surface area (Å²) in [7, 11) is 3.32. The molecule has 0 aliphatic heterocycles. The molecule has 4 N–H and O–H groups in total. The molecular formula is C26H36N4O2S2. The van der Waals surface area contributed by atoms with Crippen LogP contribution in [0.2, 0.25) is 0 Å². The lowest BCUT2D eigenvalue weighted by atomic mass is 9.62. The summed E-state index contributed by atoms with van der Waals surface area (Å²) >= 11 is 11.2. The second-order valence-corrected chi connectivity index (χ2v) is 10.9. The lowest BCUT2D eigenvalue weighted by molar-refractivity contribution is 0.0807. The van der Waals surface area contributed by atoms with Gasteiger partial charge < -0.3 is 30.7 Å². The highest BCUT2D eigenvalue weighted by atomic mass is 32.1. The van der Waals surface area contributed by atoms with Crippen molar-refractivity contribution in [2.75, 3.05) is 31.4 Å². The van der Waals surface area contributed by atoms with Crippen LogP contribution >= 0.6 is 24.4 Å². The summed E-state index contributed by atoms with van der Waals surface area (Å²) in [6.07, 6.45) is 3.14. The monoisotopic (exact) mass is 500 g/mol. The van der Waals surface area contributed by atoms with Gasteiger partial charge in [0.15, 0.2) is 10.2 Å². The number of methoxy groups -OCH3 is 2. The molecule has 0 saturated heterocycles. The fourth-order valence-corrected chi connectivity index (χ4v) is 5.57. The van der Waals surface area contributed by atoms with Crippen LogP contribution in [0.15, 0.2) is 48.5 Å². The van der Waals surface area contributed by atoms with Gasteiger partial charge in [0.05, 0.1) is 14.2 Å². The lowest BCUT2D eigenvalue weighted by Gasteiger charge is -2.47. The third kappa shape index (κ3) is 7.74. The molecule has 0 unspecified atom stereocenters. The zero-order valence-electron chi connectivity index (χ0n) is 20.7. The first-order valence-corrected chi connectivity index (χ1v) is 12.3. The lowest BCUT2D eigenvalue weighted by Crippen LogP contribution is -2.51. The van der Waals surface area contributed by atoms with Crippen molar-refractivity contribution in [2.24, 2.45) is 10.8 Å². The maximum atomic E-state index is 5.63. The third-order valence-electron chi connectivity index (χ3n) is 6.11. The Labute approximate surface area is 214 Å². The molecule has 1 aliphatic carbocycles. The van der Waals surface area contributed by atoms with E-state index in [4.69, 9.17) is 33.9 Å². The molecule has 1 saturated carbocycles. The molecule has 0 bridgehead atoms. The SMILES string of the molecule is COc1cccc(NC(=S)NC[C@]2(C)C[C@@H](NC(=S)Nc3cccc(OC)c3)CC(C)(C)C2)c1. The number of thiocarbonyl (C=S) groups is 2. The summed E-state index contributed by atoms with van der Waals surface area (Å²) in [5.74, 6) is 1.59. The van der Waals surface area contributed by atoms with Crippen LogP contribution in [-0.4, -0.2) is 37.0 Å². The molecule has 0 radical (unpaired) electrons. The Kier molecular flexibility index (Phi) is 8.60. The van der Waals surface area contributed by atoms with E-state index in [-0.39, 0.29) is 16.9 Å². The molecule has 1 aliphatic rings. The highest BCUT2D eigenvalue weighted by Gasteiger charge is 2.41. The zero-order chi connectivity index (χ0) is 24.8. The first kappa shape index (κ1) is 26.0. The van der Waals surface area contributed by atoms with Gasteiger partial charge in [-0.05, 0) is 78.8 Å². The standard InChI is InChI=1S/C26H36N4O2S2/c1-25(2)14-20(30-24(34)29-19-9-7-11-22(13-19)32-5)15-26(3,16-25)17-27-23(33)28-18-8-6-10-21(12-18)31-4/h6-13,20H,14-17H2,1-5H3,(H2,27,28,33)(H2,29,30,34)/t20-,26+/m0/s1. The molecule has 2 aromatic rings. The Morgan fingerprint density at radius 3 is 2.00 bits per heavy atom. The normalized spacial score (nSPS) is 21.1. The van der Waals surface area contributed by atoms with Crippen LogP contribution in [0, 0.1) is 10.8 Å². The van der Waals surface area contributed by atoms with Gasteiger partial charge in [-0.1, -0.05) is 32.9 Å². The number of hydrogen-bond donors (Lipinski definition) is 4. The summed E-state index contributed by atoms with van der Waals surface area (Å²) in [6.45, 7) is 7.75. The smallest absolute Gasteiger partial charge is 0.170 e. The maximum Gasteiger partial charge on any atom is 0.170 e. The van der Waals surface area contributed by atoms with Crippen molar-refractivity contribution in [1.29, 1.82) is 0 Å². The highest BCUT2D eigenvalue weighted by molar-refractivity contribution is 7.80. The Hall–Kier alpha value is -2.58. The van der Waals surface area contributed by atoms with Gasteiger partial charge in [0.25, 0.3) is 0 Å². The van der Waals surface area contributed by atoms with Crippen LogP contribution in [0.5, 0.6) is 11.5 Å². The number of hydrogen-bond acceptors (Lipinski definition) is 4. The average Bonchev–Trinajstić information content (AvgIpc) is 2.76. The molecule has 8 heteroatoms. The van der Waals surface area contributed by atoms with E-state index >= 15 is 0 Å². The summed E-state index contributed by atoms with van der Waals surface area (Å²) in [5.41, 5.74) is 2.05. The number of rotatable bonds is 7. The van der Waals surface area contributed by atoms with Gasteiger partial charge in [-0.25, -0.2) is 0 Å². The first-order valence-electron chi connectivity index (χ1n) is 11.5. The van der Waals surface area contributed by atoms with Crippen LogP contribution in [0.1, 0.15) is 40.0 Å². The molecule has 0 amide bonds. The topological polar surface area (TPSA) is 66.6 Å². The molecule has 1 fully saturated rings. The van der Waals surface area contributed by atoms with E-state index in [1.165, 1.54) is 0 Å². The molecule has 0 aromatic heterocycles. The number of nitrogens with one attached hydrogen (secondary N) is 4. The van der Waals surface area contributed by atoms with Crippen molar-refractivity contribution >= 4 is 46.0 Å². The second-order valence-electron chi connectivity index (χ2n) is 10.1. The van der Waals surface area contributed by atoms with Crippen molar-refractivity contribution in [3.63, 3.8) is 0 Å². The van der Waals surface area contributed by atoms with Crippen LogP contribution in [0.4, 0.5) is 11.4 Å².